The predicted octanol–water partition coefficient (Wildman–Crippen LogP) is 1.65. The molecule has 0 bridgehead atoms. The van der Waals surface area contributed by atoms with Crippen molar-refractivity contribution >= 4 is 0 Å². The van der Waals surface area contributed by atoms with Gasteiger partial charge < -0.3 is 11.1 Å². The van der Waals surface area contributed by atoms with E-state index >= 15 is 0 Å². The molecule has 0 atom stereocenters. The Balaban J connectivity index is 1.64. The number of nitrogens with one attached hydrogen (secondary N) is 1. The summed E-state index contributed by atoms with van der Waals surface area (Å²) in [6.07, 6.45) is 9.38. The van der Waals surface area contributed by atoms with Crippen LogP contribution in [0.5, 0.6) is 0 Å². The van der Waals surface area contributed by atoms with Gasteiger partial charge in [0.25, 0.3) is 0 Å². The predicted molar refractivity (Wildman–Crippen MR) is 55.6 cm³/mol. The molecular weight excluding hydrogens is 160 g/mol. The summed E-state index contributed by atoms with van der Waals surface area (Å²) in [6, 6.07) is 0. The molecule has 0 aliphatic heterocycles. The van der Waals surface area contributed by atoms with E-state index in [4.69, 9.17) is 5.73 Å². The lowest BCUT2D eigenvalue weighted by Crippen LogP contribution is -2.50. The minimum Gasteiger partial charge on any atom is -0.324 e. The molecule has 0 aromatic heterocycles. The molecule has 2 fully saturated rings. The molecule has 0 heterocycles. The highest BCUT2D eigenvalue weighted by atomic mass is 14.9. The molecule has 0 saturated heterocycles. The average Bonchev–Trinajstić information content (AvgIpc) is 2.89. The van der Waals surface area contributed by atoms with Crippen LogP contribution in [-0.4, -0.2) is 18.6 Å². The lowest BCUT2D eigenvalue weighted by atomic mass is 9.82. The summed E-state index contributed by atoms with van der Waals surface area (Å²) in [5.74, 6) is 0.979. The molecule has 0 aromatic rings. The van der Waals surface area contributed by atoms with Crippen molar-refractivity contribution in [1.29, 1.82) is 0 Å². The molecule has 3 N–H and O–H groups in total. The largest absolute Gasteiger partial charge is 0.324 e. The summed E-state index contributed by atoms with van der Waals surface area (Å²) in [6.45, 7) is 2.25. The van der Waals surface area contributed by atoms with Crippen molar-refractivity contribution in [2.45, 2.75) is 50.5 Å². The van der Waals surface area contributed by atoms with Gasteiger partial charge in [-0.1, -0.05) is 19.3 Å². The van der Waals surface area contributed by atoms with Gasteiger partial charge in [0.2, 0.25) is 0 Å². The molecule has 0 amide bonds. The van der Waals surface area contributed by atoms with Crippen LogP contribution in [0.25, 0.3) is 0 Å². The van der Waals surface area contributed by atoms with Crippen LogP contribution in [0.1, 0.15) is 44.9 Å². The summed E-state index contributed by atoms with van der Waals surface area (Å²) in [4.78, 5) is 0. The Morgan fingerprint density at radius 2 is 1.85 bits per heavy atom. The summed E-state index contributed by atoms with van der Waals surface area (Å²) >= 11 is 0. The first-order valence-corrected chi connectivity index (χ1v) is 5.78. The minimum absolute atomic E-state index is 0.132. The van der Waals surface area contributed by atoms with Gasteiger partial charge in [-0.05, 0) is 38.1 Å². The van der Waals surface area contributed by atoms with Crippen molar-refractivity contribution in [3.63, 3.8) is 0 Å². The van der Waals surface area contributed by atoms with Crippen LogP contribution in [0.4, 0.5) is 0 Å². The molecule has 2 nitrogen and oxygen atoms in total. The van der Waals surface area contributed by atoms with E-state index in [9.17, 15) is 0 Å². The maximum Gasteiger partial charge on any atom is 0.0280 e. The van der Waals surface area contributed by atoms with Gasteiger partial charge in [-0.2, -0.15) is 0 Å². The van der Waals surface area contributed by atoms with Gasteiger partial charge in [-0.25, -0.2) is 0 Å². The van der Waals surface area contributed by atoms with Gasteiger partial charge in [0.05, 0.1) is 0 Å². The Bertz CT molecular complexity index is 157. The van der Waals surface area contributed by atoms with Gasteiger partial charge in [-0.3, -0.25) is 0 Å². The van der Waals surface area contributed by atoms with Gasteiger partial charge in [0.15, 0.2) is 0 Å². The van der Waals surface area contributed by atoms with Crippen molar-refractivity contribution in [2.75, 3.05) is 13.1 Å². The third-order valence-corrected chi connectivity index (χ3v) is 3.46. The second-order valence-corrected chi connectivity index (χ2v) is 5.00. The number of hydrogen-bond acceptors (Lipinski definition) is 2. The molecule has 0 aromatic carbocycles. The van der Waals surface area contributed by atoms with Crippen LogP contribution in [0.15, 0.2) is 0 Å². The lowest BCUT2D eigenvalue weighted by molar-refractivity contribution is 0.283. The van der Waals surface area contributed by atoms with Crippen molar-refractivity contribution in [3.8, 4) is 0 Å². The first kappa shape index (κ1) is 9.47. The Morgan fingerprint density at radius 3 is 2.46 bits per heavy atom. The molecule has 13 heavy (non-hydrogen) atoms. The van der Waals surface area contributed by atoms with E-state index in [0.717, 1.165) is 12.5 Å². The maximum absolute atomic E-state index is 6.30. The standard InChI is InChI=1S/C11H22N2/c12-11(6-2-1-3-7-11)9-13-8-10-4-5-10/h10,13H,1-9,12H2. The average molecular weight is 182 g/mol. The van der Waals surface area contributed by atoms with E-state index in [0.29, 0.717) is 0 Å². The SMILES string of the molecule is NC1(CNCC2CC2)CCCCC1. The monoisotopic (exact) mass is 182 g/mol. The fourth-order valence-corrected chi connectivity index (χ4v) is 2.28. The topological polar surface area (TPSA) is 38.0 Å². The third kappa shape index (κ3) is 2.96. The highest BCUT2D eigenvalue weighted by molar-refractivity contribution is 4.90. The lowest BCUT2D eigenvalue weighted by Gasteiger charge is -2.33. The number of hydrogen-bond donors (Lipinski definition) is 2. The van der Waals surface area contributed by atoms with Crippen LogP contribution in [-0.2, 0) is 0 Å². The summed E-state index contributed by atoms with van der Waals surface area (Å²) in [5.41, 5.74) is 6.44. The molecule has 2 rings (SSSR count). The quantitative estimate of drug-likeness (QED) is 0.694. The zero-order chi connectivity index (χ0) is 9.15. The molecule has 2 aliphatic carbocycles. The molecule has 76 valence electrons. The maximum atomic E-state index is 6.30. The molecular formula is C11H22N2. The normalized spacial score (nSPS) is 27.5. The molecule has 2 heteroatoms. The number of rotatable bonds is 4. The summed E-state index contributed by atoms with van der Waals surface area (Å²) in [5, 5.41) is 3.53. The molecule has 2 saturated carbocycles. The van der Waals surface area contributed by atoms with Crippen molar-refractivity contribution in [1.82, 2.24) is 5.32 Å². The number of nitrogens with two attached hydrogens (primary N) is 1. The van der Waals surface area contributed by atoms with Crippen LogP contribution in [0.3, 0.4) is 0 Å². The first-order valence-electron chi connectivity index (χ1n) is 5.78. The zero-order valence-electron chi connectivity index (χ0n) is 8.52. The van der Waals surface area contributed by atoms with Crippen molar-refractivity contribution in [3.05, 3.63) is 0 Å². The van der Waals surface area contributed by atoms with Crippen LogP contribution in [0.2, 0.25) is 0 Å². The summed E-state index contributed by atoms with van der Waals surface area (Å²) in [7, 11) is 0. The van der Waals surface area contributed by atoms with E-state index in [-0.39, 0.29) is 5.54 Å². The Morgan fingerprint density at radius 1 is 1.15 bits per heavy atom. The van der Waals surface area contributed by atoms with Gasteiger partial charge >= 0.3 is 0 Å². The second kappa shape index (κ2) is 3.97. The van der Waals surface area contributed by atoms with Gasteiger partial charge in [0.1, 0.15) is 0 Å². The highest BCUT2D eigenvalue weighted by Crippen LogP contribution is 2.28. The van der Waals surface area contributed by atoms with Crippen LogP contribution in [0, 0.1) is 5.92 Å². The minimum atomic E-state index is 0.132. The Hall–Kier alpha value is -0.0800. The van der Waals surface area contributed by atoms with E-state index in [1.165, 1.54) is 51.5 Å². The van der Waals surface area contributed by atoms with Crippen LogP contribution >= 0.6 is 0 Å². The molecule has 0 spiro atoms. The second-order valence-electron chi connectivity index (χ2n) is 5.00. The Labute approximate surface area is 81.3 Å². The summed E-state index contributed by atoms with van der Waals surface area (Å²) < 4.78 is 0. The fraction of sp³-hybridized carbons (Fsp3) is 1.00. The van der Waals surface area contributed by atoms with E-state index in [1.807, 2.05) is 0 Å². The van der Waals surface area contributed by atoms with E-state index in [1.54, 1.807) is 0 Å². The van der Waals surface area contributed by atoms with Crippen molar-refractivity contribution < 1.29 is 0 Å². The fourth-order valence-electron chi connectivity index (χ4n) is 2.28. The van der Waals surface area contributed by atoms with Crippen molar-refractivity contribution in [2.24, 2.45) is 11.7 Å². The molecule has 0 unspecified atom stereocenters. The van der Waals surface area contributed by atoms with E-state index in [2.05, 4.69) is 5.32 Å². The Kier molecular flexibility index (Phi) is 2.89. The zero-order valence-corrected chi connectivity index (χ0v) is 8.52. The smallest absolute Gasteiger partial charge is 0.0280 e. The first-order chi connectivity index (χ1) is 6.29. The highest BCUT2D eigenvalue weighted by Gasteiger charge is 2.28. The van der Waals surface area contributed by atoms with Gasteiger partial charge in [-0.15, -0.1) is 0 Å². The molecule has 2 aliphatic rings. The van der Waals surface area contributed by atoms with Gasteiger partial charge in [0, 0.05) is 12.1 Å². The third-order valence-electron chi connectivity index (χ3n) is 3.46. The molecule has 0 radical (unpaired) electrons. The van der Waals surface area contributed by atoms with E-state index < -0.39 is 0 Å². The van der Waals surface area contributed by atoms with Crippen LogP contribution < -0.4 is 11.1 Å².